The van der Waals surface area contributed by atoms with Gasteiger partial charge in [-0.25, -0.2) is 4.79 Å². The van der Waals surface area contributed by atoms with Crippen LogP contribution in [-0.4, -0.2) is 88.8 Å². The summed E-state index contributed by atoms with van der Waals surface area (Å²) in [5.41, 5.74) is 0. The van der Waals surface area contributed by atoms with E-state index in [4.69, 9.17) is 28.4 Å². The van der Waals surface area contributed by atoms with E-state index < -0.39 is 18.2 Å². The quantitative estimate of drug-likeness (QED) is 0.278. The monoisotopic (exact) mass is 378 g/mol. The van der Waals surface area contributed by atoms with Gasteiger partial charge >= 0.3 is 5.97 Å². The number of ether oxygens (including phenoxy) is 6. The van der Waals surface area contributed by atoms with Crippen LogP contribution in [0.2, 0.25) is 0 Å². The molecule has 154 valence electrons. The normalized spacial score (nSPS) is 13.6. The van der Waals surface area contributed by atoms with Crippen molar-refractivity contribution in [2.45, 2.75) is 39.1 Å². The summed E-state index contributed by atoms with van der Waals surface area (Å²) in [5.74, 6) is -0.571. The minimum absolute atomic E-state index is 0.0634. The Balaban J connectivity index is 4.57. The number of aliphatic hydroxyl groups excluding tert-OH is 1. The van der Waals surface area contributed by atoms with E-state index in [1.165, 1.54) is 0 Å². The van der Waals surface area contributed by atoms with Gasteiger partial charge in [0.15, 0.2) is 0 Å². The van der Waals surface area contributed by atoms with Gasteiger partial charge in [-0.3, -0.25) is 0 Å². The Morgan fingerprint density at radius 1 is 0.846 bits per heavy atom. The van der Waals surface area contributed by atoms with E-state index in [9.17, 15) is 9.90 Å². The van der Waals surface area contributed by atoms with Crippen LogP contribution in [0.3, 0.4) is 0 Å². The van der Waals surface area contributed by atoms with Crippen molar-refractivity contribution in [2.24, 2.45) is 0 Å². The number of carbonyl (C=O) groups excluding carboxylic acids is 1. The smallest absolute Gasteiger partial charge is 0.330 e. The Hall–Kier alpha value is -1.03. The zero-order valence-electron chi connectivity index (χ0n) is 16.2. The van der Waals surface area contributed by atoms with Crippen LogP contribution >= 0.6 is 0 Å². The Bertz CT molecular complexity index is 342. The van der Waals surface area contributed by atoms with Gasteiger partial charge in [0.25, 0.3) is 0 Å². The van der Waals surface area contributed by atoms with Gasteiger partial charge in [-0.1, -0.05) is 6.58 Å². The van der Waals surface area contributed by atoms with Crippen molar-refractivity contribution >= 4 is 5.97 Å². The highest BCUT2D eigenvalue weighted by Gasteiger charge is 2.20. The lowest BCUT2D eigenvalue weighted by Gasteiger charge is -2.24. The largest absolute Gasteiger partial charge is 0.454 e. The number of esters is 1. The van der Waals surface area contributed by atoms with Crippen LogP contribution in [0.25, 0.3) is 0 Å². The summed E-state index contributed by atoms with van der Waals surface area (Å²) >= 11 is 0. The van der Waals surface area contributed by atoms with E-state index in [-0.39, 0.29) is 32.5 Å². The highest BCUT2D eigenvalue weighted by atomic mass is 16.6. The van der Waals surface area contributed by atoms with E-state index in [1.807, 2.05) is 20.8 Å². The molecule has 0 aliphatic heterocycles. The number of rotatable bonds is 18. The zero-order chi connectivity index (χ0) is 19.6. The van der Waals surface area contributed by atoms with Crippen molar-refractivity contribution in [3.63, 3.8) is 0 Å². The lowest BCUT2D eigenvalue weighted by molar-refractivity contribution is -0.158. The molecule has 2 unspecified atom stereocenters. The van der Waals surface area contributed by atoms with Crippen LogP contribution in [0.15, 0.2) is 12.7 Å². The molecule has 2 atom stereocenters. The van der Waals surface area contributed by atoms with E-state index in [1.54, 1.807) is 0 Å². The first kappa shape index (κ1) is 25.0. The van der Waals surface area contributed by atoms with Gasteiger partial charge in [-0.2, -0.15) is 0 Å². The van der Waals surface area contributed by atoms with Gasteiger partial charge in [0, 0.05) is 25.9 Å². The maximum Gasteiger partial charge on any atom is 0.330 e. The third-order valence-electron chi connectivity index (χ3n) is 3.21. The van der Waals surface area contributed by atoms with Crippen LogP contribution in [0.4, 0.5) is 0 Å². The Morgan fingerprint density at radius 3 is 1.73 bits per heavy atom. The molecule has 0 fully saturated rings. The summed E-state index contributed by atoms with van der Waals surface area (Å²) < 4.78 is 32.6. The van der Waals surface area contributed by atoms with Crippen molar-refractivity contribution in [1.29, 1.82) is 0 Å². The predicted octanol–water partition coefficient (Wildman–Crippen LogP) is 0.956. The molecule has 0 aromatic heterocycles. The topological polar surface area (TPSA) is 92.7 Å². The van der Waals surface area contributed by atoms with E-state index in [0.717, 1.165) is 6.08 Å². The summed E-state index contributed by atoms with van der Waals surface area (Å²) in [6.45, 7) is 11.7. The van der Waals surface area contributed by atoms with Gasteiger partial charge in [-0.05, 0) is 20.8 Å². The lowest BCUT2D eigenvalue weighted by atomic mass is 10.3. The van der Waals surface area contributed by atoms with Gasteiger partial charge in [-0.15, -0.1) is 0 Å². The third kappa shape index (κ3) is 13.2. The second-order valence-corrected chi connectivity index (χ2v) is 5.33. The fourth-order valence-corrected chi connectivity index (χ4v) is 1.86. The Morgan fingerprint density at radius 2 is 1.31 bits per heavy atom. The summed E-state index contributed by atoms with van der Waals surface area (Å²) in [4.78, 5) is 11.5. The summed E-state index contributed by atoms with van der Waals surface area (Å²) in [5, 5.41) is 9.31. The average molecular weight is 378 g/mol. The maximum atomic E-state index is 11.5. The van der Waals surface area contributed by atoms with Crippen molar-refractivity contribution < 1.29 is 38.3 Å². The molecule has 0 aliphatic rings. The molecular formula is C18H34O8. The summed E-state index contributed by atoms with van der Waals surface area (Å²) in [7, 11) is 0. The first-order chi connectivity index (χ1) is 12.6. The van der Waals surface area contributed by atoms with Gasteiger partial charge in [0.1, 0.15) is 18.3 Å². The van der Waals surface area contributed by atoms with E-state index in [2.05, 4.69) is 6.58 Å². The molecule has 0 aliphatic carbocycles. The van der Waals surface area contributed by atoms with Crippen LogP contribution in [0.5, 0.6) is 0 Å². The number of carbonyl (C=O) groups is 1. The SMILES string of the molecule is C=CC(=O)OC(COC(CO)COCC)COC(COCC)COCC. The molecule has 1 N–H and O–H groups in total. The molecule has 0 radical (unpaired) electrons. The van der Waals surface area contributed by atoms with Crippen LogP contribution in [0, 0.1) is 0 Å². The summed E-state index contributed by atoms with van der Waals surface area (Å²) in [6, 6.07) is 0. The number of hydrogen-bond acceptors (Lipinski definition) is 8. The molecule has 0 rings (SSSR count). The van der Waals surface area contributed by atoms with Crippen LogP contribution < -0.4 is 0 Å². The molecular weight excluding hydrogens is 344 g/mol. The molecule has 0 saturated heterocycles. The minimum atomic E-state index is -0.651. The molecule has 0 bridgehead atoms. The standard InChI is InChI=1S/C18H34O8/c1-5-18(20)26-17(13-24-15(9-19)10-21-6-2)14-25-16(11-22-7-3)12-23-8-4/h5,15-17,19H,1,6-14H2,2-4H3. The molecule has 8 nitrogen and oxygen atoms in total. The molecule has 0 aromatic carbocycles. The van der Waals surface area contributed by atoms with Crippen molar-refractivity contribution in [2.75, 3.05) is 59.5 Å². The molecule has 0 heterocycles. The van der Waals surface area contributed by atoms with Crippen molar-refractivity contribution in [1.82, 2.24) is 0 Å². The zero-order valence-corrected chi connectivity index (χ0v) is 16.2. The number of aliphatic hydroxyl groups is 1. The van der Waals surface area contributed by atoms with E-state index in [0.29, 0.717) is 33.0 Å². The molecule has 0 saturated carbocycles. The van der Waals surface area contributed by atoms with E-state index >= 15 is 0 Å². The first-order valence-corrected chi connectivity index (χ1v) is 9.01. The van der Waals surface area contributed by atoms with Gasteiger partial charge in [0.05, 0.1) is 39.6 Å². The molecule has 0 amide bonds. The average Bonchev–Trinajstić information content (AvgIpc) is 2.66. The van der Waals surface area contributed by atoms with Crippen LogP contribution in [-0.2, 0) is 33.2 Å². The van der Waals surface area contributed by atoms with Crippen molar-refractivity contribution in [3.8, 4) is 0 Å². The molecule has 8 heteroatoms. The van der Waals surface area contributed by atoms with Crippen molar-refractivity contribution in [3.05, 3.63) is 12.7 Å². The van der Waals surface area contributed by atoms with Gasteiger partial charge in [0.2, 0.25) is 0 Å². The molecule has 0 aromatic rings. The van der Waals surface area contributed by atoms with Crippen LogP contribution in [0.1, 0.15) is 20.8 Å². The third-order valence-corrected chi connectivity index (χ3v) is 3.21. The highest BCUT2D eigenvalue weighted by molar-refractivity contribution is 5.81. The molecule has 0 spiro atoms. The fourth-order valence-electron chi connectivity index (χ4n) is 1.86. The van der Waals surface area contributed by atoms with Gasteiger partial charge < -0.3 is 33.5 Å². The lowest BCUT2D eigenvalue weighted by Crippen LogP contribution is -2.36. The maximum absolute atomic E-state index is 11.5. The minimum Gasteiger partial charge on any atom is -0.454 e. The highest BCUT2D eigenvalue weighted by Crippen LogP contribution is 2.04. The second kappa shape index (κ2) is 17.4. The first-order valence-electron chi connectivity index (χ1n) is 9.01. The molecule has 26 heavy (non-hydrogen) atoms. The summed E-state index contributed by atoms with van der Waals surface area (Å²) in [6.07, 6.45) is -0.351. The Labute approximate surface area is 156 Å². The Kier molecular flexibility index (Phi) is 16.7. The number of hydrogen-bond donors (Lipinski definition) is 1. The fraction of sp³-hybridized carbons (Fsp3) is 0.833. The predicted molar refractivity (Wildman–Crippen MR) is 96.1 cm³/mol. The second-order valence-electron chi connectivity index (χ2n) is 5.33.